The quantitative estimate of drug-likeness (QED) is 0.657. The lowest BCUT2D eigenvalue weighted by Gasteiger charge is -2.37. The SMILES string of the molecule is O=C(C1CCN(S(=O)(=O)c2cccs2)CC1)N1CCC(CCN2CCOCC2)CC1. The molecule has 3 aliphatic heterocycles. The molecular weight excluding hydrogens is 422 g/mol. The molecule has 1 amide bonds. The van der Waals surface area contributed by atoms with Gasteiger partial charge in [-0.25, -0.2) is 8.42 Å². The molecule has 4 rings (SSSR count). The second-order valence-electron chi connectivity index (χ2n) is 8.62. The minimum atomic E-state index is -3.40. The van der Waals surface area contributed by atoms with Gasteiger partial charge in [0.05, 0.1) is 13.2 Å². The number of nitrogens with zero attached hydrogens (tertiary/aromatic N) is 3. The minimum Gasteiger partial charge on any atom is -0.379 e. The highest BCUT2D eigenvalue weighted by Gasteiger charge is 2.35. The highest BCUT2D eigenvalue weighted by atomic mass is 32.2. The molecule has 0 spiro atoms. The Labute approximate surface area is 184 Å². The molecule has 0 N–H and O–H groups in total. The Bertz CT molecular complexity index is 777. The largest absolute Gasteiger partial charge is 0.379 e. The molecule has 3 saturated heterocycles. The summed E-state index contributed by atoms with van der Waals surface area (Å²) in [6, 6.07) is 3.42. The predicted octanol–water partition coefficient (Wildman–Crippen LogP) is 2.11. The van der Waals surface area contributed by atoms with E-state index in [-0.39, 0.29) is 11.8 Å². The summed E-state index contributed by atoms with van der Waals surface area (Å²) in [5, 5.41) is 1.79. The Morgan fingerprint density at radius 1 is 1.03 bits per heavy atom. The van der Waals surface area contributed by atoms with Crippen molar-refractivity contribution in [1.82, 2.24) is 14.1 Å². The first-order valence-electron chi connectivity index (χ1n) is 11.2. The molecule has 3 fully saturated rings. The predicted molar refractivity (Wildman–Crippen MR) is 117 cm³/mol. The zero-order chi connectivity index (χ0) is 21.0. The van der Waals surface area contributed by atoms with Crippen LogP contribution in [0.15, 0.2) is 21.7 Å². The topological polar surface area (TPSA) is 70.2 Å². The van der Waals surface area contributed by atoms with Crippen LogP contribution in [0.1, 0.15) is 32.1 Å². The van der Waals surface area contributed by atoms with Gasteiger partial charge < -0.3 is 9.64 Å². The lowest BCUT2D eigenvalue weighted by molar-refractivity contribution is -0.138. The molecule has 3 aliphatic rings. The smallest absolute Gasteiger partial charge is 0.252 e. The van der Waals surface area contributed by atoms with E-state index in [0.717, 1.165) is 58.8 Å². The Morgan fingerprint density at radius 2 is 1.73 bits per heavy atom. The maximum Gasteiger partial charge on any atom is 0.252 e. The number of amides is 1. The first-order chi connectivity index (χ1) is 14.5. The van der Waals surface area contributed by atoms with E-state index in [9.17, 15) is 13.2 Å². The first-order valence-corrected chi connectivity index (χ1v) is 13.5. The van der Waals surface area contributed by atoms with Crippen molar-refractivity contribution >= 4 is 27.3 Å². The fourth-order valence-corrected chi connectivity index (χ4v) is 7.38. The van der Waals surface area contributed by atoms with Crippen LogP contribution in [0.2, 0.25) is 0 Å². The monoisotopic (exact) mass is 455 g/mol. The van der Waals surface area contributed by atoms with Gasteiger partial charge in [-0.3, -0.25) is 9.69 Å². The first kappa shape index (κ1) is 22.2. The van der Waals surface area contributed by atoms with Crippen molar-refractivity contribution in [3.63, 3.8) is 0 Å². The maximum atomic E-state index is 13.0. The number of hydrogen-bond donors (Lipinski definition) is 0. The molecule has 0 bridgehead atoms. The Hall–Kier alpha value is -1.00. The summed E-state index contributed by atoms with van der Waals surface area (Å²) in [4.78, 5) is 17.5. The van der Waals surface area contributed by atoms with E-state index in [0.29, 0.717) is 36.1 Å². The van der Waals surface area contributed by atoms with Gasteiger partial charge in [-0.2, -0.15) is 4.31 Å². The molecule has 0 aromatic carbocycles. The summed E-state index contributed by atoms with van der Waals surface area (Å²) in [5.74, 6) is 0.897. The summed E-state index contributed by atoms with van der Waals surface area (Å²) in [6.07, 6.45) is 4.63. The standard InChI is InChI=1S/C21H33N3O4S2/c25-21(19-6-11-24(12-7-19)30(26,27)20-2-1-17-29-20)23-9-4-18(5-10-23)3-8-22-13-15-28-16-14-22/h1-2,17-19H,3-16H2. The number of thiophene rings is 1. The van der Waals surface area contributed by atoms with Crippen LogP contribution in [-0.2, 0) is 19.6 Å². The lowest BCUT2D eigenvalue weighted by atomic mass is 9.91. The third-order valence-electron chi connectivity index (χ3n) is 6.78. The van der Waals surface area contributed by atoms with E-state index in [4.69, 9.17) is 4.74 Å². The van der Waals surface area contributed by atoms with Crippen LogP contribution in [-0.4, -0.2) is 87.5 Å². The molecule has 4 heterocycles. The van der Waals surface area contributed by atoms with Gasteiger partial charge in [0.1, 0.15) is 4.21 Å². The number of piperidine rings is 2. The van der Waals surface area contributed by atoms with E-state index in [1.807, 2.05) is 4.90 Å². The number of sulfonamides is 1. The molecule has 168 valence electrons. The van der Waals surface area contributed by atoms with E-state index in [1.54, 1.807) is 21.8 Å². The molecule has 30 heavy (non-hydrogen) atoms. The number of rotatable bonds is 6. The molecule has 9 heteroatoms. The van der Waals surface area contributed by atoms with Crippen LogP contribution in [0, 0.1) is 11.8 Å². The van der Waals surface area contributed by atoms with E-state index in [1.165, 1.54) is 17.8 Å². The molecule has 0 atom stereocenters. The molecule has 1 aromatic rings. The van der Waals surface area contributed by atoms with Crippen LogP contribution in [0.25, 0.3) is 0 Å². The van der Waals surface area contributed by atoms with E-state index < -0.39 is 10.0 Å². The van der Waals surface area contributed by atoms with Gasteiger partial charge in [-0.1, -0.05) is 6.07 Å². The molecule has 7 nitrogen and oxygen atoms in total. The Kier molecular flexibility index (Phi) is 7.46. The molecule has 0 unspecified atom stereocenters. The van der Waals surface area contributed by atoms with Crippen molar-refractivity contribution in [3.05, 3.63) is 17.5 Å². The van der Waals surface area contributed by atoms with E-state index in [2.05, 4.69) is 4.90 Å². The van der Waals surface area contributed by atoms with Crippen molar-refractivity contribution in [1.29, 1.82) is 0 Å². The number of hydrogen-bond acceptors (Lipinski definition) is 6. The number of carbonyl (C=O) groups excluding carboxylic acids is 1. The van der Waals surface area contributed by atoms with Crippen LogP contribution < -0.4 is 0 Å². The molecule has 1 aromatic heterocycles. The van der Waals surface area contributed by atoms with Gasteiger partial charge in [-0.05, 0) is 56.0 Å². The van der Waals surface area contributed by atoms with Crippen molar-refractivity contribution < 1.29 is 17.9 Å². The average molecular weight is 456 g/mol. The van der Waals surface area contributed by atoms with E-state index >= 15 is 0 Å². The summed E-state index contributed by atoms with van der Waals surface area (Å²) in [6.45, 7) is 7.48. The fourth-order valence-electron chi connectivity index (χ4n) is 4.77. The number of likely N-dealkylation sites (tertiary alicyclic amines) is 1. The summed E-state index contributed by atoms with van der Waals surface area (Å²) in [5.41, 5.74) is 0. The normalized spacial score (nSPS) is 23.7. The maximum absolute atomic E-state index is 13.0. The summed E-state index contributed by atoms with van der Waals surface area (Å²) in [7, 11) is -3.40. The second-order valence-corrected chi connectivity index (χ2v) is 11.7. The third-order valence-corrected chi connectivity index (χ3v) is 10.0. The van der Waals surface area contributed by atoms with Gasteiger partial charge in [-0.15, -0.1) is 11.3 Å². The van der Waals surface area contributed by atoms with Gasteiger partial charge in [0.2, 0.25) is 5.91 Å². The molecule has 0 saturated carbocycles. The summed E-state index contributed by atoms with van der Waals surface area (Å²) >= 11 is 1.25. The fraction of sp³-hybridized carbons (Fsp3) is 0.762. The Morgan fingerprint density at radius 3 is 2.37 bits per heavy atom. The zero-order valence-electron chi connectivity index (χ0n) is 17.6. The minimum absolute atomic E-state index is 0.0373. The number of ether oxygens (including phenoxy) is 1. The van der Waals surface area contributed by atoms with Gasteiger partial charge in [0.25, 0.3) is 10.0 Å². The highest BCUT2D eigenvalue weighted by Crippen LogP contribution is 2.29. The van der Waals surface area contributed by atoms with Crippen molar-refractivity contribution in [2.45, 2.75) is 36.3 Å². The van der Waals surface area contributed by atoms with Crippen molar-refractivity contribution in [2.24, 2.45) is 11.8 Å². The average Bonchev–Trinajstić information content (AvgIpc) is 3.34. The third kappa shape index (κ3) is 5.24. The highest BCUT2D eigenvalue weighted by molar-refractivity contribution is 7.91. The van der Waals surface area contributed by atoms with Crippen LogP contribution in [0.3, 0.4) is 0 Å². The van der Waals surface area contributed by atoms with Crippen LogP contribution in [0.4, 0.5) is 0 Å². The van der Waals surface area contributed by atoms with Crippen LogP contribution in [0.5, 0.6) is 0 Å². The second kappa shape index (κ2) is 10.1. The summed E-state index contributed by atoms with van der Waals surface area (Å²) < 4.78 is 32.7. The zero-order valence-corrected chi connectivity index (χ0v) is 19.2. The van der Waals surface area contributed by atoms with Gasteiger partial charge in [0.15, 0.2) is 0 Å². The molecular formula is C21H33N3O4S2. The number of morpholine rings is 1. The van der Waals surface area contributed by atoms with Crippen molar-refractivity contribution in [2.75, 3.05) is 59.0 Å². The molecule has 0 radical (unpaired) electrons. The number of carbonyl (C=O) groups is 1. The van der Waals surface area contributed by atoms with Gasteiger partial charge >= 0.3 is 0 Å². The molecule has 0 aliphatic carbocycles. The van der Waals surface area contributed by atoms with Crippen molar-refractivity contribution in [3.8, 4) is 0 Å². The Balaban J connectivity index is 1.20. The lowest BCUT2D eigenvalue weighted by Crippen LogP contribution is -2.46. The van der Waals surface area contributed by atoms with Crippen LogP contribution >= 0.6 is 11.3 Å². The van der Waals surface area contributed by atoms with Gasteiger partial charge in [0, 0.05) is 45.2 Å².